The van der Waals surface area contributed by atoms with Crippen LogP contribution in [0.3, 0.4) is 0 Å². The first kappa shape index (κ1) is 13.4. The fourth-order valence-corrected chi connectivity index (χ4v) is 3.61. The van der Waals surface area contributed by atoms with Crippen molar-refractivity contribution in [2.45, 2.75) is 76.9 Å². The van der Waals surface area contributed by atoms with Gasteiger partial charge in [-0.2, -0.15) is 0 Å². The number of nitrogens with one attached hydrogen (secondary N) is 1. The molecule has 0 radical (unpaired) electrons. The van der Waals surface area contributed by atoms with E-state index in [9.17, 15) is 0 Å². The van der Waals surface area contributed by atoms with Gasteiger partial charge >= 0.3 is 0 Å². The van der Waals surface area contributed by atoms with E-state index in [1.165, 1.54) is 51.4 Å². The summed E-state index contributed by atoms with van der Waals surface area (Å²) in [5.74, 6) is 0.808. The second-order valence-corrected chi connectivity index (χ2v) is 6.14. The van der Waals surface area contributed by atoms with Gasteiger partial charge in [0.1, 0.15) is 0 Å². The SMILES string of the molecule is CCCNC1CCOC(C)(C2CCCCC2)C1. The maximum absolute atomic E-state index is 6.18. The Morgan fingerprint density at radius 1 is 1.18 bits per heavy atom. The summed E-state index contributed by atoms with van der Waals surface area (Å²) in [5.41, 5.74) is 0.157. The maximum atomic E-state index is 6.18. The van der Waals surface area contributed by atoms with Gasteiger partial charge in [-0.1, -0.05) is 26.2 Å². The molecule has 2 aliphatic rings. The predicted molar refractivity (Wildman–Crippen MR) is 72.2 cm³/mol. The van der Waals surface area contributed by atoms with Crippen molar-refractivity contribution >= 4 is 0 Å². The normalized spacial score (nSPS) is 36.0. The monoisotopic (exact) mass is 239 g/mol. The van der Waals surface area contributed by atoms with Gasteiger partial charge in [-0.15, -0.1) is 0 Å². The van der Waals surface area contributed by atoms with E-state index in [-0.39, 0.29) is 5.60 Å². The van der Waals surface area contributed by atoms with Crippen LogP contribution in [0.5, 0.6) is 0 Å². The molecule has 0 bridgehead atoms. The van der Waals surface area contributed by atoms with Crippen LogP contribution < -0.4 is 5.32 Å². The van der Waals surface area contributed by atoms with E-state index in [1.54, 1.807) is 0 Å². The Hall–Kier alpha value is -0.0800. The summed E-state index contributed by atoms with van der Waals surface area (Å²) < 4.78 is 6.18. The van der Waals surface area contributed by atoms with E-state index in [0.717, 1.165) is 19.1 Å². The lowest BCUT2D eigenvalue weighted by Crippen LogP contribution is -2.50. The molecule has 1 aliphatic heterocycles. The lowest BCUT2D eigenvalue weighted by atomic mass is 9.73. The van der Waals surface area contributed by atoms with Crippen LogP contribution in [-0.2, 0) is 4.74 Å². The molecule has 1 heterocycles. The second-order valence-electron chi connectivity index (χ2n) is 6.14. The van der Waals surface area contributed by atoms with Gasteiger partial charge in [-0.3, -0.25) is 0 Å². The van der Waals surface area contributed by atoms with E-state index >= 15 is 0 Å². The second kappa shape index (κ2) is 6.19. The molecule has 2 nitrogen and oxygen atoms in total. The van der Waals surface area contributed by atoms with Gasteiger partial charge in [0.2, 0.25) is 0 Å². The van der Waals surface area contributed by atoms with Crippen LogP contribution >= 0.6 is 0 Å². The maximum Gasteiger partial charge on any atom is 0.0697 e. The molecule has 2 atom stereocenters. The summed E-state index contributed by atoms with van der Waals surface area (Å²) in [6.07, 6.45) is 10.7. The molecule has 0 aromatic heterocycles. The Bertz CT molecular complexity index is 225. The van der Waals surface area contributed by atoms with Crippen molar-refractivity contribution in [3.63, 3.8) is 0 Å². The first-order chi connectivity index (χ1) is 8.24. The lowest BCUT2D eigenvalue weighted by Gasteiger charge is -2.45. The van der Waals surface area contributed by atoms with Gasteiger partial charge in [0.25, 0.3) is 0 Å². The highest BCUT2D eigenvalue weighted by atomic mass is 16.5. The molecular formula is C15H29NO. The molecule has 2 heteroatoms. The lowest BCUT2D eigenvalue weighted by molar-refractivity contribution is -0.120. The van der Waals surface area contributed by atoms with Crippen molar-refractivity contribution in [1.82, 2.24) is 5.32 Å². The molecule has 0 spiro atoms. The third-order valence-electron chi connectivity index (χ3n) is 4.70. The number of hydrogen-bond acceptors (Lipinski definition) is 2. The smallest absolute Gasteiger partial charge is 0.0697 e. The minimum Gasteiger partial charge on any atom is -0.375 e. The summed E-state index contributed by atoms with van der Waals surface area (Å²) in [6, 6.07) is 0.690. The topological polar surface area (TPSA) is 21.3 Å². The Balaban J connectivity index is 1.89. The standard InChI is InChI=1S/C15H29NO/c1-3-10-16-14-9-11-17-15(2,12-14)13-7-5-4-6-8-13/h13-14,16H,3-12H2,1-2H3. The zero-order chi connectivity index (χ0) is 12.1. The molecule has 0 amide bonds. The molecule has 0 aromatic rings. The van der Waals surface area contributed by atoms with E-state index in [4.69, 9.17) is 4.74 Å². The summed E-state index contributed by atoms with van der Waals surface area (Å²) in [5, 5.41) is 3.69. The third kappa shape index (κ3) is 3.45. The average molecular weight is 239 g/mol. The quantitative estimate of drug-likeness (QED) is 0.810. The van der Waals surface area contributed by atoms with Gasteiger partial charge in [0.15, 0.2) is 0 Å². The van der Waals surface area contributed by atoms with Gasteiger partial charge in [-0.25, -0.2) is 0 Å². The Kier molecular flexibility index (Phi) is 4.87. The Morgan fingerprint density at radius 2 is 1.94 bits per heavy atom. The van der Waals surface area contributed by atoms with Crippen LogP contribution in [0.4, 0.5) is 0 Å². The molecule has 0 aromatic carbocycles. The van der Waals surface area contributed by atoms with Crippen LogP contribution in [0.15, 0.2) is 0 Å². The zero-order valence-electron chi connectivity index (χ0n) is 11.6. The summed E-state index contributed by atoms with van der Waals surface area (Å²) in [4.78, 5) is 0. The van der Waals surface area contributed by atoms with E-state index in [1.807, 2.05) is 0 Å². The highest BCUT2D eigenvalue weighted by Crippen LogP contribution is 2.40. The van der Waals surface area contributed by atoms with Crippen LogP contribution in [-0.4, -0.2) is 24.8 Å². The third-order valence-corrected chi connectivity index (χ3v) is 4.70. The van der Waals surface area contributed by atoms with E-state index < -0.39 is 0 Å². The molecule has 2 fully saturated rings. The number of ether oxygens (including phenoxy) is 1. The van der Waals surface area contributed by atoms with Crippen molar-refractivity contribution in [1.29, 1.82) is 0 Å². The largest absolute Gasteiger partial charge is 0.375 e. The Morgan fingerprint density at radius 3 is 2.65 bits per heavy atom. The molecular weight excluding hydrogens is 210 g/mol. The van der Waals surface area contributed by atoms with Crippen molar-refractivity contribution in [3.8, 4) is 0 Å². The molecule has 100 valence electrons. The van der Waals surface area contributed by atoms with Crippen LogP contribution in [0.25, 0.3) is 0 Å². The molecule has 1 saturated carbocycles. The summed E-state index contributed by atoms with van der Waals surface area (Å²) in [6.45, 7) is 6.72. The molecule has 2 unspecified atom stereocenters. The van der Waals surface area contributed by atoms with Crippen LogP contribution in [0.1, 0.15) is 65.2 Å². The fraction of sp³-hybridized carbons (Fsp3) is 1.00. The molecule has 1 saturated heterocycles. The molecule has 2 rings (SSSR count). The van der Waals surface area contributed by atoms with Gasteiger partial charge in [0.05, 0.1) is 5.60 Å². The van der Waals surface area contributed by atoms with Gasteiger partial charge in [-0.05, 0) is 51.5 Å². The van der Waals surface area contributed by atoms with Crippen LogP contribution in [0, 0.1) is 5.92 Å². The zero-order valence-corrected chi connectivity index (χ0v) is 11.6. The molecule has 1 N–H and O–H groups in total. The molecule has 1 aliphatic carbocycles. The fourth-order valence-electron chi connectivity index (χ4n) is 3.61. The first-order valence-electron chi connectivity index (χ1n) is 7.62. The van der Waals surface area contributed by atoms with Crippen molar-refractivity contribution in [3.05, 3.63) is 0 Å². The van der Waals surface area contributed by atoms with Gasteiger partial charge < -0.3 is 10.1 Å². The minimum absolute atomic E-state index is 0.157. The predicted octanol–water partition coefficient (Wildman–Crippen LogP) is 3.50. The van der Waals surface area contributed by atoms with Gasteiger partial charge in [0, 0.05) is 12.6 Å². The van der Waals surface area contributed by atoms with Crippen molar-refractivity contribution in [2.75, 3.05) is 13.2 Å². The Labute approximate surface area is 107 Å². The van der Waals surface area contributed by atoms with Crippen LogP contribution in [0.2, 0.25) is 0 Å². The van der Waals surface area contributed by atoms with E-state index in [0.29, 0.717) is 6.04 Å². The first-order valence-corrected chi connectivity index (χ1v) is 7.62. The number of hydrogen-bond donors (Lipinski definition) is 1. The highest BCUT2D eigenvalue weighted by Gasteiger charge is 2.40. The molecule has 17 heavy (non-hydrogen) atoms. The minimum atomic E-state index is 0.157. The average Bonchev–Trinajstić information content (AvgIpc) is 2.38. The van der Waals surface area contributed by atoms with Crippen molar-refractivity contribution in [2.24, 2.45) is 5.92 Å². The highest BCUT2D eigenvalue weighted by molar-refractivity contribution is 4.92. The summed E-state index contributed by atoms with van der Waals surface area (Å²) in [7, 11) is 0. The van der Waals surface area contributed by atoms with E-state index in [2.05, 4.69) is 19.2 Å². The van der Waals surface area contributed by atoms with Crippen molar-refractivity contribution < 1.29 is 4.74 Å². The number of rotatable bonds is 4. The summed E-state index contributed by atoms with van der Waals surface area (Å²) >= 11 is 0.